The van der Waals surface area contributed by atoms with Crippen LogP contribution in [0.1, 0.15) is 50.0 Å². The number of nitrogens with zero attached hydrogens (tertiary/aromatic N) is 2. The molecule has 0 spiro atoms. The lowest BCUT2D eigenvalue weighted by molar-refractivity contribution is -0.117. The molecule has 1 aliphatic rings. The molecular weight excluding hydrogens is 432 g/mol. The van der Waals surface area contributed by atoms with Crippen LogP contribution in [0.25, 0.3) is 0 Å². The Bertz CT molecular complexity index is 1220. The van der Waals surface area contributed by atoms with Crippen molar-refractivity contribution in [3.8, 4) is 0 Å². The number of carbonyl (C=O) groups excluding carboxylic acids is 3. The number of thiazole rings is 1. The molecule has 3 aromatic rings. The van der Waals surface area contributed by atoms with E-state index >= 15 is 0 Å². The van der Waals surface area contributed by atoms with Crippen LogP contribution in [0, 0.1) is 13.8 Å². The summed E-state index contributed by atoms with van der Waals surface area (Å²) in [5.74, 6) is -2.61. The van der Waals surface area contributed by atoms with Gasteiger partial charge in [0.15, 0.2) is 16.7 Å². The second-order valence-corrected chi connectivity index (χ2v) is 8.17. The van der Waals surface area contributed by atoms with Crippen LogP contribution in [-0.4, -0.2) is 34.4 Å². The highest BCUT2D eigenvalue weighted by Gasteiger charge is 2.46. The number of esters is 1. The molecule has 0 radical (unpaired) electrons. The summed E-state index contributed by atoms with van der Waals surface area (Å²) < 4.78 is 10.3. The van der Waals surface area contributed by atoms with Crippen LogP contribution in [0.5, 0.6) is 0 Å². The maximum atomic E-state index is 13.2. The Hall–Kier alpha value is -3.72. The number of aromatic nitrogens is 1. The summed E-state index contributed by atoms with van der Waals surface area (Å²) in [4.78, 5) is 44.5. The number of ether oxygens (including phenoxy) is 1. The highest BCUT2D eigenvalue weighted by molar-refractivity contribution is 7.17. The number of carbonyl (C=O) groups is 3. The van der Waals surface area contributed by atoms with Crippen molar-refractivity contribution in [2.75, 3.05) is 11.5 Å². The molecule has 2 aromatic heterocycles. The van der Waals surface area contributed by atoms with E-state index in [-0.39, 0.29) is 27.9 Å². The van der Waals surface area contributed by atoms with E-state index in [2.05, 4.69) is 4.98 Å². The van der Waals surface area contributed by atoms with E-state index in [1.165, 1.54) is 17.2 Å². The van der Waals surface area contributed by atoms with Gasteiger partial charge in [-0.1, -0.05) is 41.2 Å². The summed E-state index contributed by atoms with van der Waals surface area (Å²) >= 11 is 0.970. The van der Waals surface area contributed by atoms with Crippen LogP contribution in [0.2, 0.25) is 0 Å². The lowest BCUT2D eigenvalue weighted by atomic mass is 9.94. The molecule has 164 valence electrons. The van der Waals surface area contributed by atoms with Crippen molar-refractivity contribution in [2.45, 2.75) is 26.8 Å². The van der Waals surface area contributed by atoms with E-state index in [0.717, 1.165) is 16.9 Å². The number of aryl methyl sites for hydroxylation is 2. The summed E-state index contributed by atoms with van der Waals surface area (Å²) in [7, 11) is 0. The molecule has 0 aliphatic carbocycles. The monoisotopic (exact) mass is 452 g/mol. The van der Waals surface area contributed by atoms with Crippen molar-refractivity contribution in [3.05, 3.63) is 81.5 Å². The Kier molecular flexibility index (Phi) is 5.67. The minimum Gasteiger partial charge on any atom is -0.503 e. The molecule has 32 heavy (non-hydrogen) atoms. The number of hydrogen-bond acceptors (Lipinski definition) is 8. The second-order valence-electron chi connectivity index (χ2n) is 7.19. The Morgan fingerprint density at radius 3 is 2.56 bits per heavy atom. The van der Waals surface area contributed by atoms with Gasteiger partial charge in [-0.3, -0.25) is 14.5 Å². The molecule has 3 heterocycles. The van der Waals surface area contributed by atoms with Gasteiger partial charge in [-0.25, -0.2) is 9.78 Å². The summed E-state index contributed by atoms with van der Waals surface area (Å²) in [6, 6.07) is 9.33. The summed E-state index contributed by atoms with van der Waals surface area (Å²) in [6.07, 6.45) is 1.34. The quantitative estimate of drug-likeness (QED) is 0.438. The number of Topliss-reactive ketones (excluding diaryl/α,β-unsaturated/α-hetero) is 1. The van der Waals surface area contributed by atoms with Gasteiger partial charge in [0.1, 0.15) is 4.88 Å². The van der Waals surface area contributed by atoms with E-state index in [0.29, 0.717) is 11.3 Å². The van der Waals surface area contributed by atoms with Crippen LogP contribution in [0.15, 0.2) is 58.4 Å². The van der Waals surface area contributed by atoms with Gasteiger partial charge in [-0.05, 0) is 38.5 Å². The Morgan fingerprint density at radius 1 is 1.22 bits per heavy atom. The van der Waals surface area contributed by atoms with E-state index in [9.17, 15) is 19.5 Å². The largest absolute Gasteiger partial charge is 0.503 e. The molecule has 0 bridgehead atoms. The van der Waals surface area contributed by atoms with Crippen LogP contribution in [0.4, 0.5) is 5.13 Å². The van der Waals surface area contributed by atoms with Crippen molar-refractivity contribution in [2.24, 2.45) is 0 Å². The lowest BCUT2D eigenvalue weighted by Gasteiger charge is -2.24. The van der Waals surface area contributed by atoms with Gasteiger partial charge in [0.25, 0.3) is 5.91 Å². The first-order chi connectivity index (χ1) is 15.3. The fourth-order valence-electron chi connectivity index (χ4n) is 3.51. The molecule has 4 rings (SSSR count). The smallest absolute Gasteiger partial charge is 0.350 e. The second kappa shape index (κ2) is 8.43. The van der Waals surface area contributed by atoms with Crippen LogP contribution < -0.4 is 4.90 Å². The third-order valence-corrected chi connectivity index (χ3v) is 6.18. The number of aliphatic hydroxyl groups is 1. The molecule has 0 saturated carbocycles. The van der Waals surface area contributed by atoms with E-state index in [4.69, 9.17) is 9.15 Å². The predicted molar refractivity (Wildman–Crippen MR) is 117 cm³/mol. The number of amides is 1. The Morgan fingerprint density at radius 2 is 1.94 bits per heavy atom. The van der Waals surface area contributed by atoms with Gasteiger partial charge in [-0.15, -0.1) is 0 Å². The number of hydrogen-bond donors (Lipinski definition) is 1. The highest BCUT2D eigenvalue weighted by Crippen LogP contribution is 2.43. The summed E-state index contributed by atoms with van der Waals surface area (Å²) in [6.45, 7) is 5.45. The topological polar surface area (TPSA) is 110 Å². The predicted octanol–water partition coefficient (Wildman–Crippen LogP) is 4.31. The van der Waals surface area contributed by atoms with Crippen molar-refractivity contribution in [1.82, 2.24) is 4.98 Å². The van der Waals surface area contributed by atoms with Gasteiger partial charge in [0.2, 0.25) is 5.78 Å². The number of ketones is 1. The van der Waals surface area contributed by atoms with Gasteiger partial charge in [-0.2, -0.15) is 0 Å². The number of anilines is 1. The fraction of sp³-hybridized carbons (Fsp3) is 0.217. The highest BCUT2D eigenvalue weighted by atomic mass is 32.1. The third kappa shape index (κ3) is 3.60. The average molecular weight is 452 g/mol. The Balaban J connectivity index is 1.84. The van der Waals surface area contributed by atoms with Crippen LogP contribution in [-0.2, 0) is 9.53 Å². The zero-order valence-electron chi connectivity index (χ0n) is 17.6. The first-order valence-corrected chi connectivity index (χ1v) is 10.7. The standard InChI is InChI=1S/C23H20N2O6S/c1-4-30-22(29)20-13(3)24-23(32-20)25-17(14-9-7-12(2)8-10-14)16(19(27)21(25)28)18(26)15-6-5-11-31-15/h5-11,17,27H,4H2,1-3H3/t17-/m1/s1. The van der Waals surface area contributed by atoms with Gasteiger partial charge in [0.05, 0.1) is 30.2 Å². The maximum Gasteiger partial charge on any atom is 0.350 e. The normalized spacial score (nSPS) is 16.0. The van der Waals surface area contributed by atoms with Crippen molar-refractivity contribution in [3.63, 3.8) is 0 Å². The zero-order valence-corrected chi connectivity index (χ0v) is 18.4. The molecule has 1 aliphatic heterocycles. The summed E-state index contributed by atoms with van der Waals surface area (Å²) in [5, 5.41) is 10.9. The van der Waals surface area contributed by atoms with Crippen LogP contribution >= 0.6 is 11.3 Å². The summed E-state index contributed by atoms with van der Waals surface area (Å²) in [5.41, 5.74) is 1.88. The molecule has 1 amide bonds. The molecular formula is C23H20N2O6S. The van der Waals surface area contributed by atoms with Crippen molar-refractivity contribution < 1.29 is 28.6 Å². The van der Waals surface area contributed by atoms with E-state index in [1.807, 2.05) is 19.1 Å². The van der Waals surface area contributed by atoms with Crippen molar-refractivity contribution in [1.29, 1.82) is 0 Å². The van der Waals surface area contributed by atoms with Crippen molar-refractivity contribution >= 4 is 34.1 Å². The van der Waals surface area contributed by atoms with Gasteiger partial charge >= 0.3 is 5.97 Å². The molecule has 1 aromatic carbocycles. The average Bonchev–Trinajstić information content (AvgIpc) is 3.48. The molecule has 0 saturated heterocycles. The fourth-order valence-corrected chi connectivity index (χ4v) is 4.50. The number of rotatable bonds is 6. The number of furan rings is 1. The van der Waals surface area contributed by atoms with E-state index in [1.54, 1.807) is 32.0 Å². The number of aliphatic hydroxyl groups excluding tert-OH is 1. The van der Waals surface area contributed by atoms with E-state index < -0.39 is 29.5 Å². The molecule has 9 heteroatoms. The van der Waals surface area contributed by atoms with Gasteiger partial charge in [0, 0.05) is 0 Å². The first-order valence-electron chi connectivity index (χ1n) is 9.89. The van der Waals surface area contributed by atoms with Crippen LogP contribution in [0.3, 0.4) is 0 Å². The zero-order chi connectivity index (χ0) is 23.0. The molecule has 0 unspecified atom stereocenters. The lowest BCUT2D eigenvalue weighted by Crippen LogP contribution is -2.31. The molecule has 1 N–H and O–H groups in total. The van der Waals surface area contributed by atoms with Gasteiger partial charge < -0.3 is 14.3 Å². The Labute approximate surface area is 187 Å². The first kappa shape index (κ1) is 21.5. The number of benzene rings is 1. The third-order valence-electron chi connectivity index (χ3n) is 5.04. The minimum atomic E-state index is -0.943. The maximum absolute atomic E-state index is 13.2. The molecule has 0 fully saturated rings. The molecule has 8 nitrogen and oxygen atoms in total. The minimum absolute atomic E-state index is 0.000781. The molecule has 1 atom stereocenters. The SMILES string of the molecule is CCOC(=O)c1sc(N2C(=O)C(O)=C(C(=O)c3ccco3)[C@H]2c2ccc(C)cc2)nc1C.